The van der Waals surface area contributed by atoms with Gasteiger partial charge >= 0.3 is 5.97 Å². The van der Waals surface area contributed by atoms with E-state index in [1.54, 1.807) is 12.1 Å². The summed E-state index contributed by atoms with van der Waals surface area (Å²) in [5, 5.41) is 0. The van der Waals surface area contributed by atoms with Gasteiger partial charge in [0, 0.05) is 6.54 Å². The molecule has 0 saturated heterocycles. The quantitative estimate of drug-likeness (QED) is 0.771. The van der Waals surface area contributed by atoms with Gasteiger partial charge < -0.3 is 14.1 Å². The van der Waals surface area contributed by atoms with Gasteiger partial charge in [0.1, 0.15) is 6.10 Å². The predicted octanol–water partition coefficient (Wildman–Crippen LogP) is 4.22. The Morgan fingerprint density at radius 1 is 1.12 bits per heavy atom. The standard InChI is InChI=1S/C20H25NO3/c1-21(2)14-15-5-7-16(8-6-15)17-9-11-18(12-10-17)24-20(22)19-4-3-13-23-19/h3-8,13,17-18H,9-12,14H2,1-2H3/t17-,18-. The number of rotatable bonds is 5. The van der Waals surface area contributed by atoms with E-state index < -0.39 is 0 Å². The van der Waals surface area contributed by atoms with Crippen LogP contribution < -0.4 is 0 Å². The second kappa shape index (κ2) is 7.67. The van der Waals surface area contributed by atoms with Gasteiger partial charge in [-0.25, -0.2) is 4.79 Å². The summed E-state index contributed by atoms with van der Waals surface area (Å²) in [6, 6.07) is 12.3. The van der Waals surface area contributed by atoms with E-state index >= 15 is 0 Å². The lowest BCUT2D eigenvalue weighted by Gasteiger charge is -2.28. The number of nitrogens with zero attached hydrogens (tertiary/aromatic N) is 1. The van der Waals surface area contributed by atoms with Gasteiger partial charge in [-0.2, -0.15) is 0 Å². The molecule has 0 atom stereocenters. The minimum atomic E-state index is -0.350. The lowest BCUT2D eigenvalue weighted by atomic mass is 9.82. The monoisotopic (exact) mass is 327 g/mol. The van der Waals surface area contributed by atoms with Crippen LogP contribution in [0.2, 0.25) is 0 Å². The van der Waals surface area contributed by atoms with Crippen molar-refractivity contribution in [3.8, 4) is 0 Å². The molecule has 0 N–H and O–H groups in total. The van der Waals surface area contributed by atoms with Crippen LogP contribution in [0.5, 0.6) is 0 Å². The second-order valence-corrected chi connectivity index (χ2v) is 6.84. The van der Waals surface area contributed by atoms with E-state index in [1.807, 2.05) is 0 Å². The van der Waals surface area contributed by atoms with E-state index in [0.717, 1.165) is 32.2 Å². The van der Waals surface area contributed by atoms with Crippen LogP contribution in [0.3, 0.4) is 0 Å². The SMILES string of the molecule is CN(C)Cc1ccc([C@H]2CC[C@H](OC(=O)c3ccco3)CC2)cc1. The predicted molar refractivity (Wildman–Crippen MR) is 93.0 cm³/mol. The van der Waals surface area contributed by atoms with Crippen molar-refractivity contribution in [1.82, 2.24) is 4.90 Å². The lowest BCUT2D eigenvalue weighted by Crippen LogP contribution is -2.23. The topological polar surface area (TPSA) is 42.7 Å². The molecule has 0 bridgehead atoms. The maximum absolute atomic E-state index is 11.9. The van der Waals surface area contributed by atoms with Crippen molar-refractivity contribution in [3.05, 3.63) is 59.5 Å². The third-order valence-corrected chi connectivity index (χ3v) is 4.62. The first kappa shape index (κ1) is 16.8. The summed E-state index contributed by atoms with van der Waals surface area (Å²) >= 11 is 0. The number of esters is 1. The Labute approximate surface area is 143 Å². The lowest BCUT2D eigenvalue weighted by molar-refractivity contribution is 0.0161. The summed E-state index contributed by atoms with van der Waals surface area (Å²) in [6.07, 6.45) is 5.44. The first-order valence-corrected chi connectivity index (χ1v) is 8.60. The fourth-order valence-corrected chi connectivity index (χ4v) is 3.38. The second-order valence-electron chi connectivity index (χ2n) is 6.84. The first-order valence-electron chi connectivity index (χ1n) is 8.60. The van der Waals surface area contributed by atoms with E-state index in [1.165, 1.54) is 17.4 Å². The van der Waals surface area contributed by atoms with Gasteiger partial charge in [-0.1, -0.05) is 24.3 Å². The van der Waals surface area contributed by atoms with Crippen LogP contribution in [0.15, 0.2) is 47.1 Å². The first-order chi connectivity index (χ1) is 11.6. The highest BCUT2D eigenvalue weighted by atomic mass is 16.6. The molecule has 1 aromatic carbocycles. The van der Waals surface area contributed by atoms with E-state index in [0.29, 0.717) is 5.92 Å². The summed E-state index contributed by atoms with van der Waals surface area (Å²) in [4.78, 5) is 14.1. The Morgan fingerprint density at radius 3 is 2.42 bits per heavy atom. The van der Waals surface area contributed by atoms with Crippen molar-refractivity contribution in [2.24, 2.45) is 0 Å². The van der Waals surface area contributed by atoms with Gasteiger partial charge in [-0.05, 0) is 69.0 Å². The number of carbonyl (C=O) groups excluding carboxylic acids is 1. The molecule has 0 amide bonds. The summed E-state index contributed by atoms with van der Waals surface area (Å²) < 4.78 is 10.6. The number of hydrogen-bond acceptors (Lipinski definition) is 4. The number of furan rings is 1. The summed E-state index contributed by atoms with van der Waals surface area (Å²) in [6.45, 7) is 0.968. The van der Waals surface area contributed by atoms with Crippen LogP contribution in [0, 0.1) is 0 Å². The molecule has 0 radical (unpaired) electrons. The Morgan fingerprint density at radius 2 is 1.83 bits per heavy atom. The van der Waals surface area contributed by atoms with Crippen LogP contribution in [0.1, 0.15) is 53.3 Å². The third kappa shape index (κ3) is 4.26. The van der Waals surface area contributed by atoms with E-state index in [2.05, 4.69) is 43.3 Å². The molecule has 1 saturated carbocycles. The van der Waals surface area contributed by atoms with Crippen LogP contribution >= 0.6 is 0 Å². The van der Waals surface area contributed by atoms with Gasteiger partial charge in [0.15, 0.2) is 0 Å². The fraction of sp³-hybridized carbons (Fsp3) is 0.450. The molecule has 0 aliphatic heterocycles. The molecule has 1 heterocycles. The molecule has 0 unspecified atom stereocenters. The minimum absolute atomic E-state index is 0.00636. The highest BCUT2D eigenvalue weighted by Gasteiger charge is 2.26. The van der Waals surface area contributed by atoms with Crippen molar-refractivity contribution in [2.75, 3.05) is 14.1 Å². The van der Waals surface area contributed by atoms with Crippen LogP contribution in [-0.2, 0) is 11.3 Å². The number of hydrogen-bond donors (Lipinski definition) is 0. The zero-order chi connectivity index (χ0) is 16.9. The van der Waals surface area contributed by atoms with Crippen molar-refractivity contribution in [3.63, 3.8) is 0 Å². The largest absolute Gasteiger partial charge is 0.457 e. The maximum atomic E-state index is 11.9. The molecule has 3 rings (SSSR count). The molecule has 4 nitrogen and oxygen atoms in total. The summed E-state index contributed by atoms with van der Waals surface area (Å²) in [5.41, 5.74) is 2.73. The van der Waals surface area contributed by atoms with Crippen LogP contribution in [-0.4, -0.2) is 31.1 Å². The highest BCUT2D eigenvalue weighted by molar-refractivity contribution is 5.86. The summed E-state index contributed by atoms with van der Waals surface area (Å²) in [7, 11) is 4.17. The molecule has 4 heteroatoms. The maximum Gasteiger partial charge on any atom is 0.374 e. The zero-order valence-electron chi connectivity index (χ0n) is 14.4. The third-order valence-electron chi connectivity index (χ3n) is 4.62. The molecule has 1 fully saturated rings. The van der Waals surface area contributed by atoms with Crippen molar-refractivity contribution in [2.45, 2.75) is 44.2 Å². The molecule has 1 aliphatic rings. The van der Waals surface area contributed by atoms with E-state index in [4.69, 9.17) is 9.15 Å². The molecule has 2 aromatic rings. The van der Waals surface area contributed by atoms with Crippen LogP contribution in [0.25, 0.3) is 0 Å². The molecule has 24 heavy (non-hydrogen) atoms. The normalized spacial score (nSPS) is 21.0. The van der Waals surface area contributed by atoms with Gasteiger partial charge in [-0.15, -0.1) is 0 Å². The Kier molecular flexibility index (Phi) is 5.36. The zero-order valence-corrected chi connectivity index (χ0v) is 14.4. The van der Waals surface area contributed by atoms with E-state index in [-0.39, 0.29) is 17.8 Å². The van der Waals surface area contributed by atoms with Crippen molar-refractivity contribution in [1.29, 1.82) is 0 Å². The minimum Gasteiger partial charge on any atom is -0.457 e. The summed E-state index contributed by atoms with van der Waals surface area (Å²) in [5.74, 6) is 0.502. The Hall–Kier alpha value is -2.07. The van der Waals surface area contributed by atoms with Crippen LogP contribution in [0.4, 0.5) is 0 Å². The molecule has 1 aliphatic carbocycles. The number of carbonyl (C=O) groups is 1. The Bertz CT molecular complexity index is 638. The van der Waals surface area contributed by atoms with Gasteiger partial charge in [0.05, 0.1) is 6.26 Å². The number of benzene rings is 1. The van der Waals surface area contributed by atoms with Gasteiger partial charge in [0.25, 0.3) is 0 Å². The molecule has 128 valence electrons. The Balaban J connectivity index is 1.50. The average molecular weight is 327 g/mol. The smallest absolute Gasteiger partial charge is 0.374 e. The van der Waals surface area contributed by atoms with E-state index in [9.17, 15) is 4.79 Å². The molecule has 0 spiro atoms. The van der Waals surface area contributed by atoms with Gasteiger partial charge in [0.2, 0.25) is 5.76 Å². The van der Waals surface area contributed by atoms with Crippen molar-refractivity contribution >= 4 is 5.97 Å². The molecule has 1 aromatic heterocycles. The highest BCUT2D eigenvalue weighted by Crippen LogP contribution is 2.34. The number of ether oxygens (including phenoxy) is 1. The molecular weight excluding hydrogens is 302 g/mol. The average Bonchev–Trinajstić information content (AvgIpc) is 3.10. The molecular formula is C20H25NO3. The van der Waals surface area contributed by atoms with Gasteiger partial charge in [-0.3, -0.25) is 0 Å². The van der Waals surface area contributed by atoms with Crippen molar-refractivity contribution < 1.29 is 13.9 Å². The fourth-order valence-electron chi connectivity index (χ4n) is 3.38.